The normalized spacial score (nSPS) is 14.6. The number of carbonyl (C=O) groups excluding carboxylic acids is 1. The molecule has 3 N–H and O–H groups in total. The average molecular weight is 397 g/mol. The Morgan fingerprint density at radius 1 is 1.10 bits per heavy atom. The smallest absolute Gasteiger partial charge is 0.227 e. The van der Waals surface area contributed by atoms with Crippen molar-refractivity contribution in [3.8, 4) is 0 Å². The predicted molar refractivity (Wildman–Crippen MR) is 115 cm³/mol. The van der Waals surface area contributed by atoms with Crippen LogP contribution < -0.4 is 16.0 Å². The molecule has 0 unspecified atom stereocenters. The molecule has 0 heterocycles. The zero-order valence-electron chi connectivity index (χ0n) is 16.9. The van der Waals surface area contributed by atoms with Crippen LogP contribution in [0.1, 0.15) is 43.7 Å². The molecule has 3 rings (SSSR count). The molecule has 1 amide bonds. The fourth-order valence-corrected chi connectivity index (χ4v) is 3.51. The number of carbonyl (C=O) groups is 1. The van der Waals surface area contributed by atoms with Crippen LogP contribution in [0.3, 0.4) is 0 Å². The molecule has 2 aromatic carbocycles. The van der Waals surface area contributed by atoms with Gasteiger partial charge < -0.3 is 16.0 Å². The van der Waals surface area contributed by atoms with Gasteiger partial charge in [0.25, 0.3) is 0 Å². The highest BCUT2D eigenvalue weighted by atomic mass is 19.1. The lowest BCUT2D eigenvalue weighted by Gasteiger charge is -2.13. The maximum absolute atomic E-state index is 13.8. The summed E-state index contributed by atoms with van der Waals surface area (Å²) in [6.07, 6.45) is 4.24. The Kier molecular flexibility index (Phi) is 7.61. The number of hydrogen-bond acceptors (Lipinski definition) is 2. The topological polar surface area (TPSA) is 65.5 Å². The first-order valence-corrected chi connectivity index (χ1v) is 10.3. The van der Waals surface area contributed by atoms with E-state index >= 15 is 0 Å². The Bertz CT molecular complexity index is 846. The van der Waals surface area contributed by atoms with Crippen LogP contribution in [0.25, 0.3) is 0 Å². The van der Waals surface area contributed by atoms with Crippen molar-refractivity contribution in [2.45, 2.75) is 45.7 Å². The lowest BCUT2D eigenvalue weighted by Crippen LogP contribution is -2.37. The molecule has 0 aliphatic heterocycles. The number of amides is 1. The minimum atomic E-state index is -0.235. The average Bonchev–Trinajstić information content (AvgIpc) is 3.26. The van der Waals surface area contributed by atoms with Crippen LogP contribution in [0.15, 0.2) is 53.5 Å². The van der Waals surface area contributed by atoms with Crippen molar-refractivity contribution in [3.63, 3.8) is 0 Å². The van der Waals surface area contributed by atoms with Gasteiger partial charge >= 0.3 is 0 Å². The summed E-state index contributed by atoms with van der Waals surface area (Å²) in [5, 5.41) is 9.36. The van der Waals surface area contributed by atoms with E-state index in [1.165, 1.54) is 6.07 Å². The SMILES string of the molecule is CCNC(=NCc1cccc(NC(=O)C2CCCC2)c1)NCc1ccccc1F. The number of rotatable bonds is 7. The molecule has 29 heavy (non-hydrogen) atoms. The zero-order chi connectivity index (χ0) is 20.5. The van der Waals surface area contributed by atoms with Crippen molar-refractivity contribution >= 4 is 17.6 Å². The van der Waals surface area contributed by atoms with Gasteiger partial charge in [0, 0.05) is 30.3 Å². The number of nitrogens with one attached hydrogen (secondary N) is 3. The molecule has 1 saturated carbocycles. The van der Waals surface area contributed by atoms with Crippen LogP contribution in [-0.4, -0.2) is 18.4 Å². The summed E-state index contributed by atoms with van der Waals surface area (Å²) >= 11 is 0. The van der Waals surface area contributed by atoms with Gasteiger partial charge in [-0.3, -0.25) is 4.79 Å². The van der Waals surface area contributed by atoms with E-state index in [1.807, 2.05) is 37.3 Å². The maximum Gasteiger partial charge on any atom is 0.227 e. The molecule has 0 atom stereocenters. The van der Waals surface area contributed by atoms with Gasteiger partial charge in [-0.1, -0.05) is 43.2 Å². The minimum absolute atomic E-state index is 0.114. The van der Waals surface area contributed by atoms with E-state index in [9.17, 15) is 9.18 Å². The van der Waals surface area contributed by atoms with Crippen molar-refractivity contribution in [3.05, 3.63) is 65.5 Å². The number of hydrogen-bond donors (Lipinski definition) is 3. The Morgan fingerprint density at radius 2 is 1.90 bits per heavy atom. The molecule has 0 bridgehead atoms. The fraction of sp³-hybridized carbons (Fsp3) is 0.391. The summed E-state index contributed by atoms with van der Waals surface area (Å²) in [6.45, 7) is 3.51. The molecule has 0 spiro atoms. The quantitative estimate of drug-likeness (QED) is 0.485. The van der Waals surface area contributed by atoms with Gasteiger partial charge in [-0.05, 0) is 43.5 Å². The summed E-state index contributed by atoms with van der Waals surface area (Å²) in [4.78, 5) is 16.9. The van der Waals surface area contributed by atoms with Crippen molar-refractivity contribution < 1.29 is 9.18 Å². The molecule has 1 aliphatic rings. The highest BCUT2D eigenvalue weighted by Gasteiger charge is 2.22. The summed E-state index contributed by atoms with van der Waals surface area (Å²) in [6, 6.07) is 14.5. The maximum atomic E-state index is 13.8. The second-order valence-electron chi connectivity index (χ2n) is 7.31. The molecule has 6 heteroatoms. The van der Waals surface area contributed by atoms with Crippen molar-refractivity contribution in [2.24, 2.45) is 10.9 Å². The largest absolute Gasteiger partial charge is 0.357 e. The zero-order valence-corrected chi connectivity index (χ0v) is 16.9. The molecular weight excluding hydrogens is 367 g/mol. The van der Waals surface area contributed by atoms with E-state index in [4.69, 9.17) is 0 Å². The third kappa shape index (κ3) is 6.31. The van der Waals surface area contributed by atoms with E-state index in [0.29, 0.717) is 31.2 Å². The Balaban J connectivity index is 1.59. The Hall–Kier alpha value is -2.89. The third-order valence-electron chi connectivity index (χ3n) is 5.09. The van der Waals surface area contributed by atoms with E-state index in [1.54, 1.807) is 12.1 Å². The summed E-state index contributed by atoms with van der Waals surface area (Å²) in [5.41, 5.74) is 2.39. The lowest BCUT2D eigenvalue weighted by molar-refractivity contribution is -0.119. The summed E-state index contributed by atoms with van der Waals surface area (Å²) in [7, 11) is 0. The van der Waals surface area contributed by atoms with Crippen molar-refractivity contribution in [1.82, 2.24) is 10.6 Å². The molecule has 1 fully saturated rings. The molecule has 154 valence electrons. The van der Waals surface area contributed by atoms with Gasteiger partial charge in [0.1, 0.15) is 5.82 Å². The fourth-order valence-electron chi connectivity index (χ4n) is 3.51. The summed E-state index contributed by atoms with van der Waals surface area (Å²) < 4.78 is 13.8. The molecule has 2 aromatic rings. The van der Waals surface area contributed by atoms with E-state index < -0.39 is 0 Å². The van der Waals surface area contributed by atoms with Crippen molar-refractivity contribution in [1.29, 1.82) is 0 Å². The second kappa shape index (κ2) is 10.6. The molecule has 0 saturated heterocycles. The molecule has 0 radical (unpaired) electrons. The van der Waals surface area contributed by atoms with Gasteiger partial charge in [0.05, 0.1) is 6.54 Å². The Morgan fingerprint density at radius 3 is 2.66 bits per heavy atom. The number of anilines is 1. The first-order valence-electron chi connectivity index (χ1n) is 10.3. The van der Waals surface area contributed by atoms with E-state index in [0.717, 1.165) is 36.9 Å². The van der Waals surface area contributed by atoms with Gasteiger partial charge in [0.2, 0.25) is 5.91 Å². The number of halogens is 1. The number of guanidine groups is 1. The first-order chi connectivity index (χ1) is 14.2. The van der Waals surface area contributed by atoms with Crippen LogP contribution in [0.2, 0.25) is 0 Å². The van der Waals surface area contributed by atoms with Crippen LogP contribution in [0.4, 0.5) is 10.1 Å². The van der Waals surface area contributed by atoms with E-state index in [-0.39, 0.29) is 17.6 Å². The van der Waals surface area contributed by atoms with Crippen LogP contribution in [0.5, 0.6) is 0 Å². The number of aliphatic imine (C=N–C) groups is 1. The standard InChI is InChI=1S/C23H29FN4O/c1-2-25-23(27-16-19-11-5-6-13-21(19)24)26-15-17-8-7-12-20(14-17)28-22(29)18-9-3-4-10-18/h5-8,11-14,18H,2-4,9-10,15-16H2,1H3,(H,28,29)(H2,25,26,27). The van der Waals surface area contributed by atoms with Gasteiger partial charge in [-0.15, -0.1) is 0 Å². The Labute approximate surface area is 171 Å². The predicted octanol–water partition coefficient (Wildman–Crippen LogP) is 4.21. The van der Waals surface area contributed by atoms with Crippen molar-refractivity contribution in [2.75, 3.05) is 11.9 Å². The lowest BCUT2D eigenvalue weighted by atomic mass is 10.1. The molecular formula is C23H29FN4O. The van der Waals surface area contributed by atoms with Crippen LogP contribution in [-0.2, 0) is 17.9 Å². The highest BCUT2D eigenvalue weighted by molar-refractivity contribution is 5.92. The van der Waals surface area contributed by atoms with Crippen LogP contribution in [0, 0.1) is 11.7 Å². The number of benzene rings is 2. The van der Waals surface area contributed by atoms with Gasteiger partial charge in [-0.2, -0.15) is 0 Å². The highest BCUT2D eigenvalue weighted by Crippen LogP contribution is 2.26. The first kappa shape index (κ1) is 20.8. The number of nitrogens with zero attached hydrogens (tertiary/aromatic N) is 1. The molecule has 0 aromatic heterocycles. The monoisotopic (exact) mass is 396 g/mol. The summed E-state index contributed by atoms with van der Waals surface area (Å²) in [5.74, 6) is 0.639. The minimum Gasteiger partial charge on any atom is -0.357 e. The van der Waals surface area contributed by atoms with Crippen LogP contribution >= 0.6 is 0 Å². The second-order valence-corrected chi connectivity index (χ2v) is 7.31. The van der Waals surface area contributed by atoms with E-state index in [2.05, 4.69) is 20.9 Å². The third-order valence-corrected chi connectivity index (χ3v) is 5.09. The van der Waals surface area contributed by atoms with Gasteiger partial charge in [0.15, 0.2) is 5.96 Å². The molecule has 5 nitrogen and oxygen atoms in total. The molecule has 1 aliphatic carbocycles. The van der Waals surface area contributed by atoms with Gasteiger partial charge in [-0.25, -0.2) is 9.38 Å².